The molecule has 1 aliphatic heterocycles. The van der Waals surface area contributed by atoms with Crippen LogP contribution in [-0.4, -0.2) is 57.4 Å². The van der Waals surface area contributed by atoms with Gasteiger partial charge in [0.15, 0.2) is 14.6 Å². The fourth-order valence-electron chi connectivity index (χ4n) is 3.97. The fraction of sp³-hybridized carbons (Fsp3) is 0.435. The number of nitrogens with zero attached hydrogens (tertiary/aromatic N) is 1. The van der Waals surface area contributed by atoms with Gasteiger partial charge in [0, 0.05) is 19.6 Å². The van der Waals surface area contributed by atoms with E-state index in [0.717, 1.165) is 13.0 Å². The number of piperidine rings is 1. The van der Waals surface area contributed by atoms with E-state index in [0.29, 0.717) is 13.1 Å². The van der Waals surface area contributed by atoms with Crippen LogP contribution in [0.15, 0.2) is 59.5 Å². The molecule has 2 aromatic rings. The molecule has 0 aromatic heterocycles. The van der Waals surface area contributed by atoms with Crippen molar-refractivity contribution in [2.75, 3.05) is 33.4 Å². The Bertz CT molecular complexity index is 951. The Hall–Kier alpha value is -2.38. The first-order valence-electron chi connectivity index (χ1n) is 10.3. The zero-order valence-electron chi connectivity index (χ0n) is 17.5. The molecular formula is C23H29NO5S. The fourth-order valence-corrected chi connectivity index (χ4v) is 6.06. The number of methoxy groups -OCH3 is 1. The topological polar surface area (TPSA) is 72.9 Å². The first kappa shape index (κ1) is 22.3. The number of hydrogen-bond donors (Lipinski definition) is 0. The van der Waals surface area contributed by atoms with Gasteiger partial charge >= 0.3 is 5.97 Å². The molecule has 0 atom stereocenters. The molecule has 1 saturated heterocycles. The lowest BCUT2D eigenvalue weighted by atomic mass is 9.95. The number of carbonyl (C=O) groups is 1. The van der Waals surface area contributed by atoms with Crippen molar-refractivity contribution in [3.63, 3.8) is 0 Å². The van der Waals surface area contributed by atoms with Gasteiger partial charge in [0.05, 0.1) is 13.7 Å². The molecule has 0 amide bonds. The SMILES string of the molecule is CCOC(=O)C1(S(=O)(=O)c2ccccc2OC)CCN(CCc2ccccc2)CC1. The van der Waals surface area contributed by atoms with Crippen LogP contribution >= 0.6 is 0 Å². The van der Waals surface area contributed by atoms with Crippen LogP contribution < -0.4 is 4.74 Å². The van der Waals surface area contributed by atoms with E-state index in [1.54, 1.807) is 25.1 Å². The predicted molar refractivity (Wildman–Crippen MR) is 115 cm³/mol. The highest BCUT2D eigenvalue weighted by Crippen LogP contribution is 2.40. The van der Waals surface area contributed by atoms with Gasteiger partial charge in [0.25, 0.3) is 0 Å². The second-order valence-corrected chi connectivity index (χ2v) is 9.67. The second-order valence-electron chi connectivity index (χ2n) is 7.45. The van der Waals surface area contributed by atoms with E-state index >= 15 is 0 Å². The molecule has 0 spiro atoms. The van der Waals surface area contributed by atoms with Gasteiger partial charge in [-0.25, -0.2) is 8.42 Å². The van der Waals surface area contributed by atoms with Crippen LogP contribution in [0.4, 0.5) is 0 Å². The number of hydrogen-bond acceptors (Lipinski definition) is 6. The van der Waals surface area contributed by atoms with Gasteiger partial charge in [-0.15, -0.1) is 0 Å². The molecule has 0 unspecified atom stereocenters. The summed E-state index contributed by atoms with van der Waals surface area (Å²) < 4.78 is 36.3. The van der Waals surface area contributed by atoms with Crippen LogP contribution in [0.1, 0.15) is 25.3 Å². The number of sulfone groups is 1. The zero-order chi connectivity index (χ0) is 21.6. The molecule has 3 rings (SSSR count). The Labute approximate surface area is 178 Å². The van der Waals surface area contributed by atoms with E-state index in [1.807, 2.05) is 18.2 Å². The Morgan fingerprint density at radius 1 is 1.03 bits per heavy atom. The molecule has 30 heavy (non-hydrogen) atoms. The summed E-state index contributed by atoms with van der Waals surface area (Å²) in [7, 11) is -2.58. The predicted octanol–water partition coefficient (Wildman–Crippen LogP) is 3.11. The maximum atomic E-state index is 13.7. The van der Waals surface area contributed by atoms with Crippen LogP contribution in [-0.2, 0) is 25.8 Å². The summed E-state index contributed by atoms with van der Waals surface area (Å²) in [6.07, 6.45) is 1.27. The summed E-state index contributed by atoms with van der Waals surface area (Å²) in [5.74, 6) is -0.425. The third kappa shape index (κ3) is 4.37. The molecule has 6 nitrogen and oxygen atoms in total. The van der Waals surface area contributed by atoms with Crippen LogP contribution in [0.5, 0.6) is 5.75 Å². The monoisotopic (exact) mass is 431 g/mol. The number of ether oxygens (including phenoxy) is 2. The van der Waals surface area contributed by atoms with Crippen molar-refractivity contribution in [3.8, 4) is 5.75 Å². The van der Waals surface area contributed by atoms with Crippen LogP contribution in [0, 0.1) is 0 Å². The highest BCUT2D eigenvalue weighted by Gasteiger charge is 2.54. The smallest absolute Gasteiger partial charge is 0.327 e. The van der Waals surface area contributed by atoms with Crippen LogP contribution in [0.25, 0.3) is 0 Å². The Balaban J connectivity index is 1.83. The molecule has 7 heteroatoms. The molecule has 162 valence electrons. The van der Waals surface area contributed by atoms with E-state index in [9.17, 15) is 13.2 Å². The zero-order valence-corrected chi connectivity index (χ0v) is 18.4. The Kier molecular flexibility index (Phi) is 7.15. The van der Waals surface area contributed by atoms with E-state index < -0.39 is 20.6 Å². The highest BCUT2D eigenvalue weighted by molar-refractivity contribution is 7.93. The van der Waals surface area contributed by atoms with Gasteiger partial charge in [0.1, 0.15) is 10.6 Å². The Morgan fingerprint density at radius 2 is 1.67 bits per heavy atom. The molecule has 0 radical (unpaired) electrons. The summed E-state index contributed by atoms with van der Waals surface area (Å²) >= 11 is 0. The maximum absolute atomic E-state index is 13.7. The minimum absolute atomic E-state index is 0.0401. The number of rotatable bonds is 8. The van der Waals surface area contributed by atoms with E-state index in [4.69, 9.17) is 9.47 Å². The molecule has 0 saturated carbocycles. The van der Waals surface area contributed by atoms with E-state index in [1.165, 1.54) is 18.7 Å². The molecule has 0 N–H and O–H groups in total. The standard InChI is InChI=1S/C23H29NO5S/c1-3-29-22(25)23(30(26,27)21-12-8-7-11-20(21)28-2)14-17-24(18-15-23)16-13-19-9-5-4-6-10-19/h4-12H,3,13-18H2,1-2H3. The summed E-state index contributed by atoms with van der Waals surface area (Å²) in [6, 6.07) is 16.6. The van der Waals surface area contributed by atoms with E-state index in [-0.39, 0.29) is 30.1 Å². The summed E-state index contributed by atoms with van der Waals surface area (Å²) in [5, 5.41) is 0. The minimum atomic E-state index is -4.00. The molecule has 1 aliphatic rings. The molecule has 0 bridgehead atoms. The quantitative estimate of drug-likeness (QED) is 0.598. The van der Waals surface area contributed by atoms with Crippen molar-refractivity contribution in [3.05, 3.63) is 60.2 Å². The third-order valence-corrected chi connectivity index (χ3v) is 8.26. The molecule has 0 aliphatic carbocycles. The van der Waals surface area contributed by atoms with Crippen molar-refractivity contribution in [1.82, 2.24) is 4.90 Å². The van der Waals surface area contributed by atoms with Crippen molar-refractivity contribution in [2.24, 2.45) is 0 Å². The average molecular weight is 432 g/mol. The number of likely N-dealkylation sites (tertiary alicyclic amines) is 1. The lowest BCUT2D eigenvalue weighted by Crippen LogP contribution is -2.55. The van der Waals surface area contributed by atoms with Crippen LogP contribution in [0.2, 0.25) is 0 Å². The van der Waals surface area contributed by atoms with E-state index in [2.05, 4.69) is 17.0 Å². The van der Waals surface area contributed by atoms with Crippen LogP contribution in [0.3, 0.4) is 0 Å². The van der Waals surface area contributed by atoms with Crippen molar-refractivity contribution in [1.29, 1.82) is 0 Å². The minimum Gasteiger partial charge on any atom is -0.495 e. The lowest BCUT2D eigenvalue weighted by Gasteiger charge is -2.39. The lowest BCUT2D eigenvalue weighted by molar-refractivity contribution is -0.147. The Morgan fingerprint density at radius 3 is 2.30 bits per heavy atom. The largest absolute Gasteiger partial charge is 0.495 e. The van der Waals surface area contributed by atoms with Gasteiger partial charge in [0.2, 0.25) is 0 Å². The van der Waals surface area contributed by atoms with Gasteiger partial charge in [-0.3, -0.25) is 4.79 Å². The first-order valence-corrected chi connectivity index (χ1v) is 11.7. The maximum Gasteiger partial charge on any atom is 0.327 e. The third-order valence-electron chi connectivity index (χ3n) is 5.74. The van der Waals surface area contributed by atoms with Crippen molar-refractivity contribution < 1.29 is 22.7 Å². The number of para-hydroxylation sites is 1. The molecule has 2 aromatic carbocycles. The summed E-state index contributed by atoms with van der Waals surface area (Å²) in [4.78, 5) is 15.2. The summed E-state index contributed by atoms with van der Waals surface area (Å²) in [5.41, 5.74) is 1.24. The molecular weight excluding hydrogens is 402 g/mol. The number of benzene rings is 2. The molecule has 1 fully saturated rings. The number of carbonyl (C=O) groups excluding carboxylic acids is 1. The van der Waals surface area contributed by atoms with Gasteiger partial charge in [-0.05, 0) is 43.9 Å². The van der Waals surface area contributed by atoms with Gasteiger partial charge < -0.3 is 14.4 Å². The van der Waals surface area contributed by atoms with Crippen molar-refractivity contribution in [2.45, 2.75) is 35.8 Å². The molecule has 1 heterocycles. The number of esters is 1. The van der Waals surface area contributed by atoms with Gasteiger partial charge in [-0.2, -0.15) is 0 Å². The average Bonchev–Trinajstić information content (AvgIpc) is 2.78. The van der Waals surface area contributed by atoms with Gasteiger partial charge in [-0.1, -0.05) is 42.5 Å². The van der Waals surface area contributed by atoms with Crippen molar-refractivity contribution >= 4 is 15.8 Å². The first-order chi connectivity index (χ1) is 14.4. The summed E-state index contributed by atoms with van der Waals surface area (Å²) in [6.45, 7) is 3.67. The normalized spacial score (nSPS) is 16.7. The second kappa shape index (κ2) is 9.62. The highest BCUT2D eigenvalue weighted by atomic mass is 32.2.